The second-order valence-corrected chi connectivity index (χ2v) is 24.7. The summed E-state index contributed by atoms with van der Waals surface area (Å²) in [6, 6.07) is 27.8. The molecule has 0 amide bonds. The molecular weight excluding hydrogens is 1120 g/mol. The van der Waals surface area contributed by atoms with Crippen molar-refractivity contribution in [1.29, 1.82) is 5.26 Å². The number of rotatable bonds is 16. The summed E-state index contributed by atoms with van der Waals surface area (Å²) in [4.78, 5) is 46.3. The van der Waals surface area contributed by atoms with E-state index in [1.807, 2.05) is 47.2 Å². The van der Waals surface area contributed by atoms with E-state index in [2.05, 4.69) is 36.4 Å². The number of nitriles is 1. The molecule has 2 aromatic carbocycles. The summed E-state index contributed by atoms with van der Waals surface area (Å²) in [5.74, 6) is -5.40. The number of carbonyl (C=O) groups is 4. The predicted molar refractivity (Wildman–Crippen MR) is 288 cm³/mol. The van der Waals surface area contributed by atoms with E-state index < -0.39 is 47.4 Å². The van der Waals surface area contributed by atoms with Crippen LogP contribution in [-0.2, 0) is 46.3 Å². The van der Waals surface area contributed by atoms with Gasteiger partial charge in [0.05, 0.1) is 57.5 Å². The third kappa shape index (κ3) is 16.4. The molecule has 0 radical (unpaired) electrons. The quantitative estimate of drug-likeness (QED) is 0.0469. The van der Waals surface area contributed by atoms with Gasteiger partial charge in [-0.25, -0.2) is 9.59 Å². The summed E-state index contributed by atoms with van der Waals surface area (Å²) >= 11 is 2.94. The zero-order chi connectivity index (χ0) is 59.2. The summed E-state index contributed by atoms with van der Waals surface area (Å²) in [5.41, 5.74) is -1.04. The van der Waals surface area contributed by atoms with Crippen molar-refractivity contribution >= 4 is 46.6 Å². The highest BCUT2D eigenvalue weighted by molar-refractivity contribution is 7.10. The number of hydrogen-bond acceptors (Lipinski definition) is 14. The number of fused-ring (bicyclic) bond motifs is 6. The van der Waals surface area contributed by atoms with Crippen molar-refractivity contribution < 1.29 is 89.1 Å². The number of aliphatic hydroxyl groups is 2. The van der Waals surface area contributed by atoms with Gasteiger partial charge in [0.1, 0.15) is 30.8 Å². The number of piperidine rings is 6. The van der Waals surface area contributed by atoms with Gasteiger partial charge in [-0.1, -0.05) is 87.1 Å². The summed E-state index contributed by atoms with van der Waals surface area (Å²) in [5, 5.41) is 54.2. The first-order valence-corrected chi connectivity index (χ1v) is 30.1. The minimum Gasteiger partial charge on any atom is -0.542 e. The Bertz CT molecular complexity index is 2690. The zero-order valence-corrected chi connectivity index (χ0v) is 47.4. The van der Waals surface area contributed by atoms with E-state index in [-0.39, 0.29) is 24.0 Å². The smallest absolute Gasteiger partial charge is 0.430 e. The normalized spacial score (nSPS) is 25.8. The Morgan fingerprint density at radius 2 is 1.04 bits per heavy atom. The fourth-order valence-electron chi connectivity index (χ4n) is 13.0. The average Bonchev–Trinajstić information content (AvgIpc) is 3.66. The molecule has 14 nitrogen and oxygen atoms in total. The van der Waals surface area contributed by atoms with E-state index in [1.165, 1.54) is 54.2 Å². The number of aliphatic carboxylic acids is 2. The van der Waals surface area contributed by atoms with Gasteiger partial charge in [-0.2, -0.15) is 31.6 Å². The Labute approximate surface area is 482 Å². The van der Waals surface area contributed by atoms with Gasteiger partial charge >= 0.3 is 24.3 Å². The number of esters is 2. The molecule has 12 rings (SSSR count). The first-order valence-electron chi connectivity index (χ1n) is 28.4. The SMILES string of the molecule is N#Cc1cccc(OCCC[N+]23CCC(CC2)C(OC(=O)[C@](O)(c2cccs2)C2CCCCC2)C3)c1.O=C(O[C@H]1C[N+]2(CCc3ccccc3)CCC1CC2)[C@](O)(c1cccs1)C1CCCCC1.O=C([O-])C(F)(F)F.O=C([O-])C(F)(F)F. The van der Waals surface area contributed by atoms with Crippen molar-refractivity contribution in [3.8, 4) is 11.8 Å². The molecule has 2 aliphatic carbocycles. The lowest BCUT2D eigenvalue weighted by molar-refractivity contribution is -0.946. The van der Waals surface area contributed by atoms with Crippen LogP contribution in [0.15, 0.2) is 89.6 Å². The van der Waals surface area contributed by atoms with E-state index >= 15 is 0 Å². The molecule has 4 bridgehead atoms. The van der Waals surface area contributed by atoms with Gasteiger partial charge in [0.2, 0.25) is 0 Å². The molecular formula is C60H73F6N3O11S2. The van der Waals surface area contributed by atoms with Gasteiger partial charge in [-0.3, -0.25) is 0 Å². The number of carbonyl (C=O) groups excluding carboxylic acids is 4. The second kappa shape index (κ2) is 28.3. The predicted octanol–water partition coefficient (Wildman–Crippen LogP) is 8.52. The minimum absolute atomic E-state index is 0.0373. The first-order chi connectivity index (χ1) is 39.0. The number of thiophene rings is 2. The molecule has 8 heterocycles. The Morgan fingerprint density at radius 1 is 0.598 bits per heavy atom. The number of benzene rings is 2. The molecule has 4 atom stereocenters. The molecule has 2 saturated carbocycles. The van der Waals surface area contributed by atoms with Gasteiger partial charge in [-0.15, -0.1) is 22.7 Å². The molecule has 8 fully saturated rings. The number of hydrogen-bond donors (Lipinski definition) is 2. The van der Waals surface area contributed by atoms with E-state index in [0.717, 1.165) is 154 Å². The van der Waals surface area contributed by atoms with Crippen molar-refractivity contribution in [3.63, 3.8) is 0 Å². The summed E-state index contributed by atoms with van der Waals surface area (Å²) in [7, 11) is 0. The lowest BCUT2D eigenvalue weighted by Gasteiger charge is -2.52. The largest absolute Gasteiger partial charge is 0.542 e. The summed E-state index contributed by atoms with van der Waals surface area (Å²) < 4.78 is 83.5. The van der Waals surface area contributed by atoms with Crippen molar-refractivity contribution in [3.05, 3.63) is 111 Å². The lowest BCUT2D eigenvalue weighted by atomic mass is 9.75. The van der Waals surface area contributed by atoms with Crippen LogP contribution in [0.3, 0.4) is 0 Å². The van der Waals surface area contributed by atoms with Crippen molar-refractivity contribution in [2.75, 3.05) is 59.0 Å². The van der Waals surface area contributed by atoms with Crippen molar-refractivity contribution in [1.82, 2.24) is 0 Å². The fourth-order valence-corrected chi connectivity index (χ4v) is 14.8. The number of alkyl halides is 6. The molecule has 22 heteroatoms. The van der Waals surface area contributed by atoms with Crippen LogP contribution in [0, 0.1) is 35.0 Å². The molecule has 82 heavy (non-hydrogen) atoms. The molecule has 1 unspecified atom stereocenters. The zero-order valence-electron chi connectivity index (χ0n) is 45.8. The van der Waals surface area contributed by atoms with Gasteiger partial charge < -0.3 is 53.2 Å². The lowest BCUT2D eigenvalue weighted by Crippen LogP contribution is -2.65. The summed E-state index contributed by atoms with van der Waals surface area (Å²) in [6.07, 6.45) is 5.90. The van der Waals surface area contributed by atoms with Crippen LogP contribution in [0.2, 0.25) is 0 Å². The highest BCUT2D eigenvalue weighted by Gasteiger charge is 2.55. The summed E-state index contributed by atoms with van der Waals surface area (Å²) in [6.45, 7) is 9.00. The van der Waals surface area contributed by atoms with Gasteiger partial charge in [-0.05, 0) is 72.3 Å². The third-order valence-corrected chi connectivity index (χ3v) is 19.6. The fraction of sp³-hybridized carbons (Fsp3) is 0.583. The first kappa shape index (κ1) is 64.0. The highest BCUT2D eigenvalue weighted by atomic mass is 32.1. The second-order valence-electron chi connectivity index (χ2n) is 22.8. The number of halogens is 6. The molecule has 4 aromatic rings. The molecule has 0 spiro atoms. The van der Waals surface area contributed by atoms with Crippen LogP contribution in [0.25, 0.3) is 0 Å². The maximum absolute atomic E-state index is 13.7. The van der Waals surface area contributed by atoms with Crippen LogP contribution in [-0.4, -0.2) is 127 Å². The Kier molecular flexibility index (Phi) is 22.1. The van der Waals surface area contributed by atoms with E-state index in [0.29, 0.717) is 24.0 Å². The molecule has 448 valence electrons. The van der Waals surface area contributed by atoms with E-state index in [4.69, 9.17) is 39.3 Å². The van der Waals surface area contributed by atoms with E-state index in [9.17, 15) is 46.1 Å². The molecule has 8 aliphatic rings. The van der Waals surface area contributed by atoms with Gasteiger partial charge in [0, 0.05) is 72.0 Å². The number of quaternary nitrogens is 2. The molecule has 6 saturated heterocycles. The third-order valence-electron chi connectivity index (χ3n) is 17.6. The number of carboxylic acids is 2. The van der Waals surface area contributed by atoms with Gasteiger partial charge in [0.15, 0.2) is 23.4 Å². The average molecular weight is 1190 g/mol. The number of ether oxygens (including phenoxy) is 3. The van der Waals surface area contributed by atoms with Crippen molar-refractivity contribution in [2.45, 2.75) is 138 Å². The Balaban J connectivity index is 0.000000192. The maximum atomic E-state index is 13.7. The maximum Gasteiger partial charge on any atom is 0.430 e. The van der Waals surface area contributed by atoms with Crippen molar-refractivity contribution in [2.24, 2.45) is 23.7 Å². The highest BCUT2D eigenvalue weighted by Crippen LogP contribution is 2.46. The van der Waals surface area contributed by atoms with Crippen LogP contribution >= 0.6 is 22.7 Å². The Hall–Kier alpha value is -5.57. The minimum atomic E-state index is -5.19. The Morgan fingerprint density at radius 3 is 1.44 bits per heavy atom. The standard InChI is InChI=1S/C29H37N2O4S.C27H36NO3S.2C2HF3O2/c30-20-22-7-4-10-25(19-22)34-17-6-14-31-15-12-23(13-16-31)26(21-31)35-28(32)29(33,27-11-5-18-36-27)24-8-2-1-3-9-24;29-26(27(30,25-12-7-19-32-25)23-10-5-2-6-11-23)31-24-20-28(17-14-22(24)15-18-28)16-13-21-8-3-1-4-9-21;2*3-2(4,5)1(6)7/h4-5,7,10-11,18-19,23-24,26,33H,1-3,6,8-9,12-17,21H2;1,3-4,7-9,12,19,22-24,30H,2,5-6,10-11,13-18,20H2;2*(H,6,7)/q2*+1;;/p-2/t23?,26?,29-,31?;22?,24-,27+,28?;;/m10../s1. The van der Waals surface area contributed by atoms with Crippen LogP contribution in [0.4, 0.5) is 26.3 Å². The number of carboxylic acid groups (broad SMARTS) is 2. The molecule has 6 aliphatic heterocycles. The monoisotopic (exact) mass is 1190 g/mol. The van der Waals surface area contributed by atoms with Crippen LogP contribution in [0.5, 0.6) is 5.75 Å². The van der Waals surface area contributed by atoms with Crippen LogP contribution in [0.1, 0.15) is 117 Å². The van der Waals surface area contributed by atoms with Crippen LogP contribution < -0.4 is 14.9 Å². The van der Waals surface area contributed by atoms with E-state index in [1.54, 1.807) is 12.1 Å². The van der Waals surface area contributed by atoms with Gasteiger partial charge in [0.25, 0.3) is 0 Å². The topological polar surface area (TPSA) is 206 Å². The molecule has 2 N–H and O–H groups in total. The number of nitrogens with zero attached hydrogens (tertiary/aromatic N) is 3. The molecule has 2 aromatic heterocycles.